The van der Waals surface area contributed by atoms with Gasteiger partial charge in [0.15, 0.2) is 0 Å². The van der Waals surface area contributed by atoms with Crippen molar-refractivity contribution in [3.63, 3.8) is 0 Å². The van der Waals surface area contributed by atoms with Gasteiger partial charge in [-0.05, 0) is 50.1 Å². The fourth-order valence-corrected chi connectivity index (χ4v) is 3.54. The van der Waals surface area contributed by atoms with E-state index in [1.807, 2.05) is 0 Å². The lowest BCUT2D eigenvalue weighted by Crippen LogP contribution is -2.29. The van der Waals surface area contributed by atoms with Gasteiger partial charge in [-0.25, -0.2) is 0 Å². The standard InChI is InChI=1S/C14H27N/c1-12(14-5-3-2-4-6-14)11-13-7-9-15-10-8-13/h12-15H,2-11H2,1H3. The fraction of sp³-hybridized carbons (Fsp3) is 1.00. The number of hydrogen-bond acceptors (Lipinski definition) is 1. The highest BCUT2D eigenvalue weighted by Gasteiger charge is 2.23. The quantitative estimate of drug-likeness (QED) is 0.749. The molecule has 2 aliphatic rings. The highest BCUT2D eigenvalue weighted by molar-refractivity contribution is 4.76. The molecule has 1 aliphatic carbocycles. The van der Waals surface area contributed by atoms with Gasteiger partial charge in [0.2, 0.25) is 0 Å². The summed E-state index contributed by atoms with van der Waals surface area (Å²) in [5.41, 5.74) is 0. The van der Waals surface area contributed by atoms with Gasteiger partial charge in [-0.15, -0.1) is 0 Å². The smallest absolute Gasteiger partial charge is 0.00463 e. The molecule has 0 aromatic heterocycles. The molecule has 0 aromatic carbocycles. The Kier molecular flexibility index (Phi) is 4.49. The van der Waals surface area contributed by atoms with Crippen molar-refractivity contribution in [3.05, 3.63) is 0 Å². The molecule has 2 rings (SSSR count). The maximum absolute atomic E-state index is 3.47. The third-order valence-corrected chi connectivity index (χ3v) is 4.62. The summed E-state index contributed by atoms with van der Waals surface area (Å²) in [7, 11) is 0. The van der Waals surface area contributed by atoms with E-state index in [4.69, 9.17) is 0 Å². The minimum Gasteiger partial charge on any atom is -0.317 e. The van der Waals surface area contributed by atoms with Gasteiger partial charge in [0.05, 0.1) is 0 Å². The molecule has 1 heterocycles. The zero-order valence-corrected chi connectivity index (χ0v) is 10.3. The van der Waals surface area contributed by atoms with Crippen LogP contribution in [0.15, 0.2) is 0 Å². The van der Waals surface area contributed by atoms with Gasteiger partial charge in [-0.3, -0.25) is 0 Å². The minimum atomic E-state index is 0.994. The van der Waals surface area contributed by atoms with Crippen molar-refractivity contribution >= 4 is 0 Å². The molecule has 0 aromatic rings. The van der Waals surface area contributed by atoms with E-state index >= 15 is 0 Å². The van der Waals surface area contributed by atoms with Gasteiger partial charge in [0.1, 0.15) is 0 Å². The lowest BCUT2D eigenvalue weighted by molar-refractivity contribution is 0.207. The zero-order chi connectivity index (χ0) is 10.5. The SMILES string of the molecule is CC(CC1CCNCC1)C1CCCCC1. The molecule has 1 saturated heterocycles. The molecule has 0 bridgehead atoms. The number of piperidine rings is 1. The largest absolute Gasteiger partial charge is 0.317 e. The second kappa shape index (κ2) is 5.89. The van der Waals surface area contributed by atoms with Crippen molar-refractivity contribution in [1.82, 2.24) is 5.32 Å². The van der Waals surface area contributed by atoms with Gasteiger partial charge < -0.3 is 5.32 Å². The maximum Gasteiger partial charge on any atom is -0.00463 e. The molecule has 1 aliphatic heterocycles. The predicted molar refractivity (Wildman–Crippen MR) is 65.9 cm³/mol. The number of hydrogen-bond donors (Lipinski definition) is 1. The van der Waals surface area contributed by atoms with Crippen molar-refractivity contribution in [2.75, 3.05) is 13.1 Å². The van der Waals surface area contributed by atoms with Gasteiger partial charge in [-0.1, -0.05) is 39.0 Å². The highest BCUT2D eigenvalue weighted by atomic mass is 14.9. The predicted octanol–water partition coefficient (Wildman–Crippen LogP) is 3.59. The van der Waals surface area contributed by atoms with Gasteiger partial charge in [0, 0.05) is 0 Å². The van der Waals surface area contributed by atoms with Gasteiger partial charge in [-0.2, -0.15) is 0 Å². The third kappa shape index (κ3) is 3.48. The van der Waals surface area contributed by atoms with E-state index in [1.165, 1.54) is 64.5 Å². The van der Waals surface area contributed by atoms with E-state index < -0.39 is 0 Å². The van der Waals surface area contributed by atoms with Crippen LogP contribution in [0, 0.1) is 17.8 Å². The average Bonchev–Trinajstić information content (AvgIpc) is 2.31. The normalized spacial score (nSPS) is 27.8. The molecule has 1 N–H and O–H groups in total. The van der Waals surface area contributed by atoms with Crippen molar-refractivity contribution in [2.45, 2.75) is 58.3 Å². The Bertz CT molecular complexity index is 166. The lowest BCUT2D eigenvalue weighted by Gasteiger charge is -2.32. The monoisotopic (exact) mass is 209 g/mol. The van der Waals surface area contributed by atoms with Crippen LogP contribution < -0.4 is 5.32 Å². The summed E-state index contributed by atoms with van der Waals surface area (Å²) in [6.07, 6.45) is 11.9. The number of nitrogens with one attached hydrogen (secondary N) is 1. The molecule has 0 radical (unpaired) electrons. The number of rotatable bonds is 3. The van der Waals surface area contributed by atoms with E-state index in [1.54, 1.807) is 0 Å². The Hall–Kier alpha value is -0.0400. The highest BCUT2D eigenvalue weighted by Crippen LogP contribution is 2.34. The Morgan fingerprint density at radius 3 is 2.33 bits per heavy atom. The fourth-order valence-electron chi connectivity index (χ4n) is 3.54. The molecular formula is C14H27N. The van der Waals surface area contributed by atoms with Crippen LogP contribution >= 0.6 is 0 Å². The Balaban J connectivity index is 1.72. The van der Waals surface area contributed by atoms with Crippen LogP contribution in [0.2, 0.25) is 0 Å². The van der Waals surface area contributed by atoms with Crippen LogP contribution in [0.5, 0.6) is 0 Å². The first-order chi connectivity index (χ1) is 7.36. The second-order valence-electron chi connectivity index (χ2n) is 5.80. The molecule has 1 unspecified atom stereocenters. The summed E-state index contributed by atoms with van der Waals surface area (Å²) < 4.78 is 0. The average molecular weight is 209 g/mol. The zero-order valence-electron chi connectivity index (χ0n) is 10.3. The summed E-state index contributed by atoms with van der Waals surface area (Å²) in [5, 5.41) is 3.47. The van der Waals surface area contributed by atoms with Crippen LogP contribution in [0.4, 0.5) is 0 Å². The molecule has 1 heteroatoms. The molecule has 15 heavy (non-hydrogen) atoms. The van der Waals surface area contributed by atoms with E-state index in [2.05, 4.69) is 12.2 Å². The Labute approximate surface area is 95.0 Å². The van der Waals surface area contributed by atoms with E-state index in [0.717, 1.165) is 17.8 Å². The van der Waals surface area contributed by atoms with Crippen molar-refractivity contribution in [3.8, 4) is 0 Å². The maximum atomic E-state index is 3.47. The molecule has 0 amide bonds. The molecule has 1 nitrogen and oxygen atoms in total. The summed E-state index contributed by atoms with van der Waals surface area (Å²) in [6, 6.07) is 0. The molecule has 88 valence electrons. The molecule has 1 atom stereocenters. The van der Waals surface area contributed by atoms with Crippen molar-refractivity contribution in [2.24, 2.45) is 17.8 Å². The summed E-state index contributed by atoms with van der Waals surface area (Å²) >= 11 is 0. The van der Waals surface area contributed by atoms with Crippen LogP contribution in [-0.4, -0.2) is 13.1 Å². The van der Waals surface area contributed by atoms with Gasteiger partial charge in [0.25, 0.3) is 0 Å². The van der Waals surface area contributed by atoms with Crippen LogP contribution in [0.3, 0.4) is 0 Å². The summed E-state index contributed by atoms with van der Waals surface area (Å²) in [5.74, 6) is 3.09. The van der Waals surface area contributed by atoms with Crippen LogP contribution in [0.25, 0.3) is 0 Å². The first kappa shape index (κ1) is 11.4. The third-order valence-electron chi connectivity index (χ3n) is 4.62. The summed E-state index contributed by atoms with van der Waals surface area (Å²) in [6.45, 7) is 5.04. The Morgan fingerprint density at radius 2 is 1.67 bits per heavy atom. The minimum absolute atomic E-state index is 0.994. The van der Waals surface area contributed by atoms with Gasteiger partial charge >= 0.3 is 0 Å². The van der Waals surface area contributed by atoms with E-state index in [-0.39, 0.29) is 0 Å². The van der Waals surface area contributed by atoms with E-state index in [0.29, 0.717) is 0 Å². The summed E-state index contributed by atoms with van der Waals surface area (Å²) in [4.78, 5) is 0. The van der Waals surface area contributed by atoms with Crippen LogP contribution in [-0.2, 0) is 0 Å². The first-order valence-electron chi connectivity index (χ1n) is 7.07. The van der Waals surface area contributed by atoms with E-state index in [9.17, 15) is 0 Å². The molecule has 2 fully saturated rings. The second-order valence-corrected chi connectivity index (χ2v) is 5.80. The molecule has 0 spiro atoms. The topological polar surface area (TPSA) is 12.0 Å². The van der Waals surface area contributed by atoms with Crippen LogP contribution in [0.1, 0.15) is 58.3 Å². The van der Waals surface area contributed by atoms with Crippen molar-refractivity contribution < 1.29 is 0 Å². The lowest BCUT2D eigenvalue weighted by atomic mass is 9.76. The molecule has 1 saturated carbocycles. The molecular weight excluding hydrogens is 182 g/mol. The Morgan fingerprint density at radius 1 is 1.00 bits per heavy atom. The first-order valence-corrected chi connectivity index (χ1v) is 7.07. The van der Waals surface area contributed by atoms with Crippen molar-refractivity contribution in [1.29, 1.82) is 0 Å².